The van der Waals surface area contributed by atoms with Crippen LogP contribution in [0.25, 0.3) is 0 Å². The molecule has 1 rings (SSSR count). The van der Waals surface area contributed by atoms with E-state index in [0.717, 1.165) is 0 Å². The van der Waals surface area contributed by atoms with Crippen LogP contribution < -0.4 is 0 Å². The van der Waals surface area contributed by atoms with Gasteiger partial charge in [-0.2, -0.15) is 0 Å². The SMILES string of the molecule is COC(=O)[C@H](C(C)=O)[C@@H](C)c1ccccn1. The zero-order valence-corrected chi connectivity index (χ0v) is 9.64. The van der Waals surface area contributed by atoms with Gasteiger partial charge in [-0.15, -0.1) is 0 Å². The Labute approximate surface area is 94.6 Å². The maximum absolute atomic E-state index is 11.5. The van der Waals surface area contributed by atoms with Crippen LogP contribution in [0.3, 0.4) is 0 Å². The molecule has 0 radical (unpaired) electrons. The number of ether oxygens (including phenoxy) is 1. The monoisotopic (exact) mass is 221 g/mol. The average molecular weight is 221 g/mol. The molecule has 16 heavy (non-hydrogen) atoms. The molecule has 0 bridgehead atoms. The number of esters is 1. The zero-order chi connectivity index (χ0) is 12.1. The standard InChI is InChI=1S/C12H15NO3/c1-8(10-6-4-5-7-13-10)11(9(2)14)12(15)16-3/h4-8,11H,1-3H3/t8-,11-/m0/s1. The van der Waals surface area contributed by atoms with Gasteiger partial charge in [0.05, 0.1) is 7.11 Å². The molecular formula is C12H15NO3. The Balaban J connectivity index is 2.96. The molecule has 0 saturated heterocycles. The van der Waals surface area contributed by atoms with Crippen molar-refractivity contribution in [2.45, 2.75) is 19.8 Å². The summed E-state index contributed by atoms with van der Waals surface area (Å²) in [5.41, 5.74) is 0.716. The Morgan fingerprint density at radius 1 is 1.38 bits per heavy atom. The quantitative estimate of drug-likeness (QED) is 0.572. The summed E-state index contributed by atoms with van der Waals surface area (Å²) >= 11 is 0. The zero-order valence-electron chi connectivity index (χ0n) is 9.64. The molecule has 0 unspecified atom stereocenters. The number of Topliss-reactive ketones (excluding diaryl/α,β-unsaturated/α-hetero) is 1. The second kappa shape index (κ2) is 5.39. The molecule has 0 aromatic carbocycles. The first-order valence-electron chi connectivity index (χ1n) is 5.07. The minimum atomic E-state index is -0.778. The Bertz CT molecular complexity index is 375. The van der Waals surface area contributed by atoms with Crippen LogP contribution in [0.4, 0.5) is 0 Å². The van der Waals surface area contributed by atoms with E-state index in [1.54, 1.807) is 25.3 Å². The van der Waals surface area contributed by atoms with E-state index in [1.165, 1.54) is 14.0 Å². The summed E-state index contributed by atoms with van der Waals surface area (Å²) in [7, 11) is 1.28. The summed E-state index contributed by atoms with van der Waals surface area (Å²) in [6.07, 6.45) is 1.64. The maximum Gasteiger partial charge on any atom is 0.316 e. The first-order chi connectivity index (χ1) is 7.57. The number of pyridine rings is 1. The van der Waals surface area contributed by atoms with Gasteiger partial charge in [0.2, 0.25) is 0 Å². The van der Waals surface area contributed by atoms with Crippen molar-refractivity contribution < 1.29 is 14.3 Å². The highest BCUT2D eigenvalue weighted by atomic mass is 16.5. The molecule has 0 spiro atoms. The van der Waals surface area contributed by atoms with Crippen molar-refractivity contribution in [1.29, 1.82) is 0 Å². The number of hydrogen-bond donors (Lipinski definition) is 0. The number of rotatable bonds is 4. The molecule has 86 valence electrons. The van der Waals surface area contributed by atoms with E-state index < -0.39 is 11.9 Å². The summed E-state index contributed by atoms with van der Waals surface area (Å²) < 4.78 is 4.63. The van der Waals surface area contributed by atoms with Crippen molar-refractivity contribution in [1.82, 2.24) is 4.98 Å². The highest BCUT2D eigenvalue weighted by Gasteiger charge is 2.31. The predicted molar refractivity (Wildman–Crippen MR) is 58.8 cm³/mol. The summed E-state index contributed by atoms with van der Waals surface area (Å²) in [5, 5.41) is 0. The third-order valence-electron chi connectivity index (χ3n) is 2.55. The molecule has 0 aliphatic rings. The molecule has 0 aliphatic carbocycles. The van der Waals surface area contributed by atoms with Gasteiger partial charge in [0.25, 0.3) is 0 Å². The van der Waals surface area contributed by atoms with Crippen molar-refractivity contribution in [3.05, 3.63) is 30.1 Å². The van der Waals surface area contributed by atoms with Gasteiger partial charge in [-0.05, 0) is 19.1 Å². The minimum Gasteiger partial charge on any atom is -0.468 e. The molecule has 0 aliphatic heterocycles. The van der Waals surface area contributed by atoms with Crippen molar-refractivity contribution in [2.75, 3.05) is 7.11 Å². The normalized spacial score (nSPS) is 13.9. The molecule has 1 heterocycles. The Morgan fingerprint density at radius 3 is 2.50 bits per heavy atom. The highest BCUT2D eigenvalue weighted by molar-refractivity contribution is 5.98. The largest absolute Gasteiger partial charge is 0.468 e. The lowest BCUT2D eigenvalue weighted by Crippen LogP contribution is -2.28. The van der Waals surface area contributed by atoms with Gasteiger partial charge in [0, 0.05) is 17.8 Å². The van der Waals surface area contributed by atoms with Crippen LogP contribution in [0.15, 0.2) is 24.4 Å². The van der Waals surface area contributed by atoms with Gasteiger partial charge in [0.15, 0.2) is 0 Å². The lowest BCUT2D eigenvalue weighted by Gasteiger charge is -2.18. The maximum atomic E-state index is 11.5. The van der Waals surface area contributed by atoms with Crippen molar-refractivity contribution in [3.63, 3.8) is 0 Å². The van der Waals surface area contributed by atoms with Gasteiger partial charge in [-0.3, -0.25) is 14.6 Å². The number of aromatic nitrogens is 1. The highest BCUT2D eigenvalue weighted by Crippen LogP contribution is 2.24. The van der Waals surface area contributed by atoms with Gasteiger partial charge < -0.3 is 4.74 Å². The van der Waals surface area contributed by atoms with E-state index in [2.05, 4.69) is 9.72 Å². The van der Waals surface area contributed by atoms with Crippen LogP contribution in [-0.2, 0) is 14.3 Å². The Morgan fingerprint density at radius 2 is 2.06 bits per heavy atom. The van der Waals surface area contributed by atoms with Gasteiger partial charge >= 0.3 is 5.97 Å². The van der Waals surface area contributed by atoms with E-state index in [1.807, 2.05) is 6.07 Å². The topological polar surface area (TPSA) is 56.3 Å². The fourth-order valence-corrected chi connectivity index (χ4v) is 1.67. The van der Waals surface area contributed by atoms with Crippen molar-refractivity contribution >= 4 is 11.8 Å². The summed E-state index contributed by atoms with van der Waals surface area (Å²) in [6, 6.07) is 5.41. The average Bonchev–Trinajstić information content (AvgIpc) is 2.29. The van der Waals surface area contributed by atoms with E-state index in [0.29, 0.717) is 5.69 Å². The molecular weight excluding hydrogens is 206 g/mol. The molecule has 1 aromatic heterocycles. The predicted octanol–water partition coefficient (Wildman–Crippen LogP) is 1.56. The molecule has 0 amide bonds. The van der Waals surface area contributed by atoms with Crippen LogP contribution >= 0.6 is 0 Å². The van der Waals surface area contributed by atoms with Crippen LogP contribution in [0.5, 0.6) is 0 Å². The molecule has 4 nitrogen and oxygen atoms in total. The van der Waals surface area contributed by atoms with Gasteiger partial charge in [0.1, 0.15) is 11.7 Å². The van der Waals surface area contributed by atoms with Crippen LogP contribution in [0.1, 0.15) is 25.5 Å². The van der Waals surface area contributed by atoms with Crippen molar-refractivity contribution in [2.24, 2.45) is 5.92 Å². The number of carbonyl (C=O) groups is 2. The third-order valence-corrected chi connectivity index (χ3v) is 2.55. The van der Waals surface area contributed by atoms with E-state index in [9.17, 15) is 9.59 Å². The smallest absolute Gasteiger partial charge is 0.316 e. The summed E-state index contributed by atoms with van der Waals surface area (Å²) in [4.78, 5) is 27.1. The molecule has 0 fully saturated rings. The second-order valence-corrected chi connectivity index (χ2v) is 3.65. The van der Waals surface area contributed by atoms with E-state index >= 15 is 0 Å². The molecule has 4 heteroatoms. The number of methoxy groups -OCH3 is 1. The molecule has 0 saturated carbocycles. The minimum absolute atomic E-state index is 0.204. The van der Waals surface area contributed by atoms with Gasteiger partial charge in [-0.1, -0.05) is 13.0 Å². The molecule has 1 aromatic rings. The Hall–Kier alpha value is -1.71. The first-order valence-corrected chi connectivity index (χ1v) is 5.07. The van der Waals surface area contributed by atoms with Crippen LogP contribution in [0.2, 0.25) is 0 Å². The lowest BCUT2D eigenvalue weighted by atomic mass is 9.88. The summed E-state index contributed by atoms with van der Waals surface area (Å²) in [6.45, 7) is 3.19. The molecule has 2 atom stereocenters. The van der Waals surface area contributed by atoms with Gasteiger partial charge in [-0.25, -0.2) is 0 Å². The number of ketones is 1. The lowest BCUT2D eigenvalue weighted by molar-refractivity contribution is -0.149. The number of hydrogen-bond acceptors (Lipinski definition) is 4. The number of carbonyl (C=O) groups excluding carboxylic acids is 2. The molecule has 0 N–H and O–H groups in total. The van der Waals surface area contributed by atoms with E-state index in [4.69, 9.17) is 0 Å². The second-order valence-electron chi connectivity index (χ2n) is 3.65. The fourth-order valence-electron chi connectivity index (χ4n) is 1.67. The Kier molecular flexibility index (Phi) is 4.17. The first kappa shape index (κ1) is 12.4. The fraction of sp³-hybridized carbons (Fsp3) is 0.417. The van der Waals surface area contributed by atoms with Crippen molar-refractivity contribution in [3.8, 4) is 0 Å². The van der Waals surface area contributed by atoms with Crippen LogP contribution in [-0.4, -0.2) is 23.8 Å². The van der Waals surface area contributed by atoms with E-state index in [-0.39, 0.29) is 11.7 Å². The number of nitrogens with zero attached hydrogens (tertiary/aromatic N) is 1. The van der Waals surface area contributed by atoms with Crippen LogP contribution in [0, 0.1) is 5.92 Å². The third kappa shape index (κ3) is 2.66. The summed E-state index contributed by atoms with van der Waals surface area (Å²) in [5.74, 6) is -1.76.